The van der Waals surface area contributed by atoms with E-state index in [2.05, 4.69) is 19.9 Å². The average molecular weight is 407 g/mol. The lowest BCUT2D eigenvalue weighted by Crippen LogP contribution is -2.00. The molecule has 0 spiro atoms. The SMILES string of the molecule is COc1ccc(-n2c(SCc3cnn(C)c3)nnc2-c2cccc(OC)c2)cc1. The Morgan fingerprint density at radius 3 is 2.45 bits per heavy atom. The predicted octanol–water partition coefficient (Wildman–Crippen LogP) is 3.98. The quantitative estimate of drug-likeness (QED) is 0.432. The van der Waals surface area contributed by atoms with Gasteiger partial charge >= 0.3 is 0 Å². The summed E-state index contributed by atoms with van der Waals surface area (Å²) in [4.78, 5) is 0. The first-order valence-electron chi connectivity index (χ1n) is 9.02. The van der Waals surface area contributed by atoms with Crippen LogP contribution in [0.3, 0.4) is 0 Å². The summed E-state index contributed by atoms with van der Waals surface area (Å²) in [5.41, 5.74) is 3.02. The van der Waals surface area contributed by atoms with E-state index in [1.807, 2.05) is 68.0 Å². The third kappa shape index (κ3) is 4.12. The fourth-order valence-corrected chi connectivity index (χ4v) is 3.84. The molecule has 0 aliphatic carbocycles. The molecular weight excluding hydrogens is 386 g/mol. The fourth-order valence-electron chi connectivity index (χ4n) is 2.97. The smallest absolute Gasteiger partial charge is 0.196 e. The molecule has 0 fully saturated rings. The summed E-state index contributed by atoms with van der Waals surface area (Å²) in [7, 11) is 5.22. The van der Waals surface area contributed by atoms with Crippen LogP contribution in [0.5, 0.6) is 11.5 Å². The molecule has 29 heavy (non-hydrogen) atoms. The maximum Gasteiger partial charge on any atom is 0.196 e. The van der Waals surface area contributed by atoms with Gasteiger partial charge in [-0.05, 0) is 36.4 Å². The largest absolute Gasteiger partial charge is 0.497 e. The van der Waals surface area contributed by atoms with Gasteiger partial charge in [-0.15, -0.1) is 10.2 Å². The van der Waals surface area contributed by atoms with Crippen molar-refractivity contribution in [1.82, 2.24) is 24.5 Å². The molecule has 0 N–H and O–H groups in total. The Morgan fingerprint density at radius 1 is 0.966 bits per heavy atom. The molecule has 4 rings (SSSR count). The number of nitrogens with zero attached hydrogens (tertiary/aromatic N) is 5. The van der Waals surface area contributed by atoms with Crippen LogP contribution in [0.2, 0.25) is 0 Å². The van der Waals surface area contributed by atoms with Gasteiger partial charge in [-0.25, -0.2) is 0 Å². The van der Waals surface area contributed by atoms with Crippen molar-refractivity contribution in [2.45, 2.75) is 10.9 Å². The van der Waals surface area contributed by atoms with E-state index in [-0.39, 0.29) is 0 Å². The van der Waals surface area contributed by atoms with Crippen LogP contribution >= 0.6 is 11.8 Å². The molecule has 0 bridgehead atoms. The van der Waals surface area contributed by atoms with E-state index in [1.54, 1.807) is 30.7 Å². The zero-order valence-electron chi connectivity index (χ0n) is 16.4. The molecule has 148 valence electrons. The highest BCUT2D eigenvalue weighted by Crippen LogP contribution is 2.31. The molecule has 2 aromatic heterocycles. The second-order valence-corrected chi connectivity index (χ2v) is 7.32. The molecule has 7 nitrogen and oxygen atoms in total. The summed E-state index contributed by atoms with van der Waals surface area (Å²) < 4.78 is 14.5. The Kier molecular flexibility index (Phi) is 5.53. The predicted molar refractivity (Wildman–Crippen MR) is 113 cm³/mol. The van der Waals surface area contributed by atoms with Crippen LogP contribution in [0.1, 0.15) is 5.56 Å². The van der Waals surface area contributed by atoms with E-state index in [0.29, 0.717) is 0 Å². The van der Waals surface area contributed by atoms with Crippen LogP contribution in [-0.2, 0) is 12.8 Å². The zero-order chi connectivity index (χ0) is 20.2. The third-order valence-electron chi connectivity index (χ3n) is 4.42. The minimum Gasteiger partial charge on any atom is -0.497 e. The normalized spacial score (nSPS) is 10.9. The Balaban J connectivity index is 1.74. The Labute approximate surface area is 173 Å². The molecule has 2 heterocycles. The van der Waals surface area contributed by atoms with E-state index < -0.39 is 0 Å². The molecule has 8 heteroatoms. The summed E-state index contributed by atoms with van der Waals surface area (Å²) >= 11 is 1.62. The van der Waals surface area contributed by atoms with E-state index in [0.717, 1.165) is 45.0 Å². The van der Waals surface area contributed by atoms with Gasteiger partial charge in [0.05, 0.1) is 20.4 Å². The van der Waals surface area contributed by atoms with Crippen molar-refractivity contribution in [2.75, 3.05) is 14.2 Å². The van der Waals surface area contributed by atoms with Gasteiger partial charge in [0.2, 0.25) is 0 Å². The number of hydrogen-bond donors (Lipinski definition) is 0. The second-order valence-electron chi connectivity index (χ2n) is 6.38. The van der Waals surface area contributed by atoms with E-state index in [9.17, 15) is 0 Å². The summed E-state index contributed by atoms with van der Waals surface area (Å²) in [6, 6.07) is 15.7. The number of benzene rings is 2. The number of aryl methyl sites for hydroxylation is 1. The number of aromatic nitrogens is 5. The lowest BCUT2D eigenvalue weighted by Gasteiger charge is -2.11. The first kappa shape index (κ1) is 19.1. The van der Waals surface area contributed by atoms with Gasteiger partial charge in [0, 0.05) is 35.8 Å². The number of hydrogen-bond acceptors (Lipinski definition) is 6. The van der Waals surface area contributed by atoms with Crippen LogP contribution in [0.4, 0.5) is 0 Å². The van der Waals surface area contributed by atoms with Crippen LogP contribution in [-0.4, -0.2) is 38.8 Å². The van der Waals surface area contributed by atoms with Gasteiger partial charge in [-0.1, -0.05) is 23.9 Å². The minimum absolute atomic E-state index is 0.750. The Morgan fingerprint density at radius 2 is 1.76 bits per heavy atom. The monoisotopic (exact) mass is 407 g/mol. The van der Waals surface area contributed by atoms with Crippen LogP contribution in [0, 0.1) is 0 Å². The van der Waals surface area contributed by atoms with Crippen LogP contribution < -0.4 is 9.47 Å². The lowest BCUT2D eigenvalue weighted by atomic mass is 10.2. The van der Waals surface area contributed by atoms with Gasteiger partial charge in [-0.2, -0.15) is 5.10 Å². The third-order valence-corrected chi connectivity index (χ3v) is 5.42. The first-order valence-corrected chi connectivity index (χ1v) is 10.0. The molecule has 0 atom stereocenters. The molecule has 0 saturated heterocycles. The van der Waals surface area contributed by atoms with Crippen molar-refractivity contribution in [2.24, 2.45) is 7.05 Å². The number of thioether (sulfide) groups is 1. The van der Waals surface area contributed by atoms with Gasteiger partial charge < -0.3 is 9.47 Å². The van der Waals surface area contributed by atoms with Gasteiger partial charge in [0.15, 0.2) is 11.0 Å². The second kappa shape index (κ2) is 8.40. The number of methoxy groups -OCH3 is 2. The van der Waals surface area contributed by atoms with Crippen molar-refractivity contribution in [3.8, 4) is 28.6 Å². The maximum absolute atomic E-state index is 5.38. The molecule has 0 unspecified atom stereocenters. The summed E-state index contributed by atoms with van der Waals surface area (Å²) in [6.45, 7) is 0. The summed E-state index contributed by atoms with van der Waals surface area (Å²) in [6.07, 6.45) is 3.87. The standard InChI is InChI=1S/C21H21N5O2S/c1-25-13-15(12-22-25)14-29-21-24-23-20(16-5-4-6-19(11-16)28-3)26(21)17-7-9-18(27-2)10-8-17/h4-13H,14H2,1-3H3. The fraction of sp³-hybridized carbons (Fsp3) is 0.190. The summed E-state index contributed by atoms with van der Waals surface area (Å²) in [5.74, 6) is 3.08. The topological polar surface area (TPSA) is 67.0 Å². The highest BCUT2D eigenvalue weighted by atomic mass is 32.2. The van der Waals surface area contributed by atoms with Crippen molar-refractivity contribution < 1.29 is 9.47 Å². The molecule has 0 saturated carbocycles. The van der Waals surface area contributed by atoms with Gasteiger partial charge in [-0.3, -0.25) is 9.25 Å². The van der Waals surface area contributed by atoms with Crippen molar-refractivity contribution in [3.63, 3.8) is 0 Å². The zero-order valence-corrected chi connectivity index (χ0v) is 17.3. The van der Waals surface area contributed by atoms with Crippen molar-refractivity contribution in [3.05, 3.63) is 66.5 Å². The first-order chi connectivity index (χ1) is 14.2. The van der Waals surface area contributed by atoms with Gasteiger partial charge in [0.1, 0.15) is 11.5 Å². The lowest BCUT2D eigenvalue weighted by molar-refractivity contribution is 0.414. The van der Waals surface area contributed by atoms with E-state index >= 15 is 0 Å². The molecule has 0 amide bonds. The maximum atomic E-state index is 5.38. The van der Waals surface area contributed by atoms with Crippen LogP contribution in [0.15, 0.2) is 66.1 Å². The average Bonchev–Trinajstić information content (AvgIpc) is 3.38. The highest BCUT2D eigenvalue weighted by molar-refractivity contribution is 7.98. The minimum atomic E-state index is 0.750. The summed E-state index contributed by atoms with van der Waals surface area (Å²) in [5, 5.41) is 14.0. The molecule has 0 aliphatic heterocycles. The van der Waals surface area contributed by atoms with Crippen LogP contribution in [0.25, 0.3) is 17.1 Å². The number of rotatable bonds is 7. The van der Waals surface area contributed by atoms with E-state index in [4.69, 9.17) is 9.47 Å². The Hall–Kier alpha value is -3.26. The van der Waals surface area contributed by atoms with E-state index in [1.165, 1.54) is 0 Å². The van der Waals surface area contributed by atoms with Gasteiger partial charge in [0.25, 0.3) is 0 Å². The highest BCUT2D eigenvalue weighted by Gasteiger charge is 2.17. The molecule has 4 aromatic rings. The number of ether oxygens (including phenoxy) is 2. The van der Waals surface area contributed by atoms with Crippen molar-refractivity contribution in [1.29, 1.82) is 0 Å². The molecule has 0 radical (unpaired) electrons. The molecule has 2 aromatic carbocycles. The molecular formula is C21H21N5O2S. The van der Waals surface area contributed by atoms with Crippen molar-refractivity contribution >= 4 is 11.8 Å². The Bertz CT molecular complexity index is 1100. The molecule has 0 aliphatic rings.